The maximum absolute atomic E-state index is 6.45. The summed E-state index contributed by atoms with van der Waals surface area (Å²) >= 11 is 0. The monoisotopic (exact) mass is 570 g/mol. The molecule has 0 fully saturated rings. The molecule has 0 atom stereocenters. The van der Waals surface area contributed by atoms with E-state index in [-0.39, 0.29) is 0 Å². The van der Waals surface area contributed by atoms with Crippen molar-refractivity contribution in [2.24, 2.45) is 0 Å². The fraction of sp³-hybridized carbons (Fsp3) is 0. The molecule has 1 aromatic heterocycles. The highest BCUT2D eigenvalue weighted by Gasteiger charge is 2.17. The van der Waals surface area contributed by atoms with Gasteiger partial charge in [0.2, 0.25) is 0 Å². The van der Waals surface area contributed by atoms with Crippen LogP contribution in [-0.4, -0.2) is 0 Å². The normalized spacial score (nSPS) is 12.0. The highest BCUT2D eigenvalue weighted by molar-refractivity contribution is 6.27. The molecule has 0 aliphatic carbocycles. The van der Waals surface area contributed by atoms with Gasteiger partial charge in [0.25, 0.3) is 0 Å². The van der Waals surface area contributed by atoms with Crippen molar-refractivity contribution >= 4 is 65.0 Å². The molecular formula is C44H26O. The number of hydrogen-bond acceptors (Lipinski definition) is 1. The Hall–Kier alpha value is -5.92. The van der Waals surface area contributed by atoms with E-state index in [4.69, 9.17) is 4.42 Å². The lowest BCUT2D eigenvalue weighted by Crippen LogP contribution is -1.89. The Morgan fingerprint density at radius 3 is 1.76 bits per heavy atom. The van der Waals surface area contributed by atoms with Crippen LogP contribution in [0.25, 0.3) is 98.4 Å². The first-order valence-electron chi connectivity index (χ1n) is 15.5. The number of furan rings is 1. The van der Waals surface area contributed by atoms with E-state index in [0.29, 0.717) is 0 Å². The van der Waals surface area contributed by atoms with Gasteiger partial charge in [0.15, 0.2) is 0 Å². The lowest BCUT2D eigenvalue weighted by atomic mass is 9.88. The van der Waals surface area contributed by atoms with Gasteiger partial charge in [-0.15, -0.1) is 0 Å². The molecule has 1 heterocycles. The maximum Gasteiger partial charge on any atom is 0.143 e. The standard InChI is InChI=1S/C44H26O/c1-2-7-27(8-3-1)29-14-15-31-24-32(17-16-30(31)23-29)35-25-33-18-13-28-19-21-36(38-22-20-34(26-35)42(33)43(28)38)39-10-6-11-40-37-9-4-5-12-41(37)45-44(39)40/h1-26H. The summed E-state index contributed by atoms with van der Waals surface area (Å²) in [5, 5.41) is 12.5. The van der Waals surface area contributed by atoms with Crippen LogP contribution in [0.1, 0.15) is 0 Å². The molecule has 208 valence electrons. The van der Waals surface area contributed by atoms with Gasteiger partial charge in [-0.2, -0.15) is 0 Å². The lowest BCUT2D eigenvalue weighted by Gasteiger charge is -2.16. The Labute approximate surface area is 259 Å². The van der Waals surface area contributed by atoms with Crippen LogP contribution in [0.3, 0.4) is 0 Å². The van der Waals surface area contributed by atoms with Crippen LogP contribution in [0.5, 0.6) is 0 Å². The van der Waals surface area contributed by atoms with Crippen molar-refractivity contribution in [2.45, 2.75) is 0 Å². The minimum atomic E-state index is 0.926. The number of rotatable bonds is 3. The zero-order valence-electron chi connectivity index (χ0n) is 24.4. The van der Waals surface area contributed by atoms with Crippen LogP contribution in [0.4, 0.5) is 0 Å². The van der Waals surface area contributed by atoms with Gasteiger partial charge in [0.05, 0.1) is 0 Å². The number of benzene rings is 9. The summed E-state index contributed by atoms with van der Waals surface area (Å²) < 4.78 is 6.45. The predicted octanol–water partition coefficient (Wildman–Crippen LogP) is 12.6. The van der Waals surface area contributed by atoms with Gasteiger partial charge < -0.3 is 4.42 Å². The Bertz CT molecular complexity index is 2730. The smallest absolute Gasteiger partial charge is 0.143 e. The number of hydrogen-bond donors (Lipinski definition) is 0. The number of para-hydroxylation sites is 2. The minimum absolute atomic E-state index is 0.926. The highest BCUT2D eigenvalue weighted by Crippen LogP contribution is 2.44. The first-order chi connectivity index (χ1) is 22.3. The molecule has 0 saturated carbocycles. The molecule has 9 aromatic carbocycles. The minimum Gasteiger partial charge on any atom is -0.455 e. The van der Waals surface area contributed by atoms with Gasteiger partial charge in [-0.3, -0.25) is 0 Å². The van der Waals surface area contributed by atoms with Crippen molar-refractivity contribution in [3.8, 4) is 33.4 Å². The molecule has 0 radical (unpaired) electrons. The first kappa shape index (κ1) is 24.5. The summed E-state index contributed by atoms with van der Waals surface area (Å²) in [6, 6.07) is 57.4. The van der Waals surface area contributed by atoms with Crippen LogP contribution in [0, 0.1) is 0 Å². The molecule has 10 aromatic rings. The predicted molar refractivity (Wildman–Crippen MR) is 191 cm³/mol. The first-order valence-corrected chi connectivity index (χ1v) is 15.5. The zero-order valence-corrected chi connectivity index (χ0v) is 24.4. The molecule has 1 heteroatoms. The Morgan fingerprint density at radius 2 is 0.933 bits per heavy atom. The molecule has 0 N–H and O–H groups in total. The lowest BCUT2D eigenvalue weighted by molar-refractivity contribution is 0.670. The van der Waals surface area contributed by atoms with E-state index < -0.39 is 0 Å². The Morgan fingerprint density at radius 1 is 0.311 bits per heavy atom. The summed E-state index contributed by atoms with van der Waals surface area (Å²) in [5.41, 5.74) is 9.17. The molecule has 0 aliphatic rings. The molecular weight excluding hydrogens is 544 g/mol. The zero-order chi connectivity index (χ0) is 29.5. The molecule has 0 amide bonds. The van der Waals surface area contributed by atoms with E-state index in [2.05, 4.69) is 152 Å². The second-order valence-corrected chi connectivity index (χ2v) is 12.1. The number of fused-ring (bicyclic) bond motifs is 4. The van der Waals surface area contributed by atoms with Crippen molar-refractivity contribution in [3.05, 3.63) is 158 Å². The molecule has 10 rings (SSSR count). The third-order valence-corrected chi connectivity index (χ3v) is 9.57. The quantitative estimate of drug-likeness (QED) is 0.193. The second kappa shape index (κ2) is 9.29. The summed E-state index contributed by atoms with van der Waals surface area (Å²) in [6.07, 6.45) is 0. The van der Waals surface area contributed by atoms with Crippen molar-refractivity contribution in [1.29, 1.82) is 0 Å². The molecule has 0 aliphatic heterocycles. The van der Waals surface area contributed by atoms with E-state index >= 15 is 0 Å². The van der Waals surface area contributed by atoms with Gasteiger partial charge in [0.1, 0.15) is 11.2 Å². The van der Waals surface area contributed by atoms with Crippen molar-refractivity contribution in [2.75, 3.05) is 0 Å². The molecule has 0 spiro atoms. The highest BCUT2D eigenvalue weighted by atomic mass is 16.3. The Kier molecular flexibility index (Phi) is 5.06. The van der Waals surface area contributed by atoms with Gasteiger partial charge >= 0.3 is 0 Å². The fourth-order valence-corrected chi connectivity index (χ4v) is 7.42. The summed E-state index contributed by atoms with van der Waals surface area (Å²) in [5.74, 6) is 0. The van der Waals surface area contributed by atoms with Crippen LogP contribution in [0.2, 0.25) is 0 Å². The van der Waals surface area contributed by atoms with E-state index in [1.165, 1.54) is 70.9 Å². The Balaban J connectivity index is 1.13. The summed E-state index contributed by atoms with van der Waals surface area (Å²) in [7, 11) is 0. The third-order valence-electron chi connectivity index (χ3n) is 9.57. The SMILES string of the molecule is c1ccc(-c2ccc3cc(-c4cc5ccc6ccc(-c7cccc8c7oc7ccccc78)c7ccc(c4)c5c67)ccc3c2)cc1. The van der Waals surface area contributed by atoms with Crippen molar-refractivity contribution in [1.82, 2.24) is 0 Å². The average Bonchev–Trinajstić information content (AvgIpc) is 3.49. The molecule has 0 bridgehead atoms. The molecule has 1 nitrogen and oxygen atoms in total. The summed E-state index contributed by atoms with van der Waals surface area (Å²) in [4.78, 5) is 0. The van der Waals surface area contributed by atoms with Crippen molar-refractivity contribution < 1.29 is 4.42 Å². The van der Waals surface area contributed by atoms with Crippen LogP contribution >= 0.6 is 0 Å². The van der Waals surface area contributed by atoms with E-state index in [1.54, 1.807) is 0 Å². The van der Waals surface area contributed by atoms with E-state index in [1.807, 2.05) is 6.07 Å². The van der Waals surface area contributed by atoms with Crippen LogP contribution in [-0.2, 0) is 0 Å². The third kappa shape index (κ3) is 3.68. The average molecular weight is 571 g/mol. The molecule has 0 unspecified atom stereocenters. The van der Waals surface area contributed by atoms with Gasteiger partial charge in [-0.05, 0) is 101 Å². The largest absolute Gasteiger partial charge is 0.455 e. The second-order valence-electron chi connectivity index (χ2n) is 12.1. The van der Waals surface area contributed by atoms with Gasteiger partial charge in [-0.1, -0.05) is 127 Å². The fourth-order valence-electron chi connectivity index (χ4n) is 7.42. The molecule has 45 heavy (non-hydrogen) atoms. The van der Waals surface area contributed by atoms with E-state index in [9.17, 15) is 0 Å². The molecule has 0 saturated heterocycles. The van der Waals surface area contributed by atoms with Crippen LogP contribution < -0.4 is 0 Å². The van der Waals surface area contributed by atoms with E-state index in [0.717, 1.165) is 27.5 Å². The van der Waals surface area contributed by atoms with Gasteiger partial charge in [-0.25, -0.2) is 0 Å². The summed E-state index contributed by atoms with van der Waals surface area (Å²) in [6.45, 7) is 0. The van der Waals surface area contributed by atoms with Crippen LogP contribution in [0.15, 0.2) is 162 Å². The van der Waals surface area contributed by atoms with Gasteiger partial charge in [0, 0.05) is 16.3 Å². The topological polar surface area (TPSA) is 13.1 Å². The van der Waals surface area contributed by atoms with Crippen molar-refractivity contribution in [3.63, 3.8) is 0 Å². The maximum atomic E-state index is 6.45.